The Morgan fingerprint density at radius 3 is 2.57 bits per heavy atom. The molecule has 5 nitrogen and oxygen atoms in total. The fraction of sp³-hybridized carbons (Fsp3) is 0.500. The van der Waals surface area contributed by atoms with E-state index < -0.39 is 0 Å². The zero-order valence-electron chi connectivity index (χ0n) is 8.56. The molecule has 0 fully saturated rings. The molecule has 2 amide bonds. The minimum absolute atomic E-state index is 0.113. The van der Waals surface area contributed by atoms with Gasteiger partial charge in [-0.15, -0.1) is 0 Å². The predicted octanol–water partition coefficient (Wildman–Crippen LogP) is -0.128. The molecule has 0 atom stereocenters. The van der Waals surface area contributed by atoms with Crippen LogP contribution in [0.25, 0.3) is 0 Å². The molecule has 14 heavy (non-hydrogen) atoms. The van der Waals surface area contributed by atoms with Gasteiger partial charge < -0.3 is 10.2 Å². The van der Waals surface area contributed by atoms with E-state index in [2.05, 4.69) is 5.32 Å². The van der Waals surface area contributed by atoms with Gasteiger partial charge in [0, 0.05) is 18.7 Å². The number of likely N-dealkylation sites (N-methyl/N-ethyl adjacent to an activating group) is 1. The molecule has 0 aliphatic rings. The van der Waals surface area contributed by atoms with Crippen LogP contribution in [0.1, 0.15) is 0 Å². The second-order valence-electron chi connectivity index (χ2n) is 2.77. The molecule has 0 spiro atoms. The van der Waals surface area contributed by atoms with Crippen molar-refractivity contribution in [2.24, 2.45) is 0 Å². The van der Waals surface area contributed by atoms with E-state index in [1.165, 1.54) is 28.7 Å². The highest BCUT2D eigenvalue weighted by molar-refractivity contribution is 7.96. The second kappa shape index (κ2) is 7.40. The van der Waals surface area contributed by atoms with Gasteiger partial charge in [0.25, 0.3) is 0 Å². The summed E-state index contributed by atoms with van der Waals surface area (Å²) in [6.45, 7) is 0.324. The van der Waals surface area contributed by atoms with Crippen LogP contribution in [0.2, 0.25) is 0 Å². The first kappa shape index (κ1) is 13.0. The lowest BCUT2D eigenvalue weighted by Gasteiger charge is -2.08. The van der Waals surface area contributed by atoms with Crippen molar-refractivity contribution in [2.45, 2.75) is 0 Å². The lowest BCUT2D eigenvalue weighted by molar-refractivity contribution is -0.120. The van der Waals surface area contributed by atoms with E-state index in [9.17, 15) is 9.59 Å². The third-order valence-electron chi connectivity index (χ3n) is 1.24. The van der Waals surface area contributed by atoms with E-state index in [1.54, 1.807) is 11.2 Å². The van der Waals surface area contributed by atoms with E-state index >= 15 is 0 Å². The molecule has 6 heteroatoms. The number of rotatable bonds is 6. The molecule has 0 aliphatic carbocycles. The molecule has 0 saturated carbocycles. The second-order valence-corrected chi connectivity index (χ2v) is 3.56. The zero-order chi connectivity index (χ0) is 11.0. The van der Waals surface area contributed by atoms with Crippen molar-refractivity contribution in [3.8, 4) is 0 Å². The summed E-state index contributed by atoms with van der Waals surface area (Å²) in [6, 6.07) is 0. The fourth-order valence-electron chi connectivity index (χ4n) is 0.676. The van der Waals surface area contributed by atoms with Crippen molar-refractivity contribution in [3.05, 3.63) is 12.4 Å². The molecule has 0 heterocycles. The molecule has 0 bridgehead atoms. The van der Waals surface area contributed by atoms with E-state index in [0.717, 1.165) is 0 Å². The van der Waals surface area contributed by atoms with Crippen LogP contribution in [0.3, 0.4) is 0 Å². The Morgan fingerprint density at radius 2 is 2.14 bits per heavy atom. The molecule has 0 unspecified atom stereocenters. The predicted molar refractivity (Wildman–Crippen MR) is 57.3 cm³/mol. The number of carbonyl (C=O) groups excluding carboxylic acids is 2. The van der Waals surface area contributed by atoms with Gasteiger partial charge in [0.15, 0.2) is 0 Å². The van der Waals surface area contributed by atoms with Gasteiger partial charge in [-0.3, -0.25) is 13.9 Å². The van der Waals surface area contributed by atoms with Gasteiger partial charge in [0.1, 0.15) is 0 Å². The van der Waals surface area contributed by atoms with Gasteiger partial charge in [-0.2, -0.15) is 0 Å². The number of nitrogens with zero attached hydrogens (tertiary/aromatic N) is 2. The molecule has 0 aromatic heterocycles. The average molecular weight is 217 g/mol. The summed E-state index contributed by atoms with van der Waals surface area (Å²) in [5.74, 6) is -0.113. The quantitative estimate of drug-likeness (QED) is 0.497. The highest BCUT2D eigenvalue weighted by Crippen LogP contribution is 1.99. The zero-order valence-corrected chi connectivity index (χ0v) is 9.37. The molecule has 0 aromatic rings. The highest BCUT2D eigenvalue weighted by atomic mass is 32.2. The minimum Gasteiger partial charge on any atom is -0.330 e. The van der Waals surface area contributed by atoms with E-state index in [0.29, 0.717) is 13.0 Å². The molecule has 0 aromatic carbocycles. The fourth-order valence-corrected chi connectivity index (χ4v) is 0.944. The van der Waals surface area contributed by atoms with Crippen LogP contribution < -0.4 is 5.32 Å². The number of amides is 2. The van der Waals surface area contributed by atoms with Crippen LogP contribution in [0.5, 0.6) is 0 Å². The Balaban J connectivity index is 3.80. The highest BCUT2D eigenvalue weighted by Gasteiger charge is 1.99. The van der Waals surface area contributed by atoms with Crippen LogP contribution in [0.4, 0.5) is 0 Å². The Kier molecular flexibility index (Phi) is 6.87. The van der Waals surface area contributed by atoms with E-state index in [-0.39, 0.29) is 5.91 Å². The van der Waals surface area contributed by atoms with Crippen molar-refractivity contribution in [2.75, 3.05) is 26.9 Å². The van der Waals surface area contributed by atoms with Gasteiger partial charge >= 0.3 is 0 Å². The summed E-state index contributed by atoms with van der Waals surface area (Å²) in [5.41, 5.74) is 0. The van der Waals surface area contributed by atoms with Gasteiger partial charge in [-0.1, -0.05) is 0 Å². The molecule has 0 radical (unpaired) electrons. The maximum Gasteiger partial charge on any atom is 0.238 e. The largest absolute Gasteiger partial charge is 0.330 e. The smallest absolute Gasteiger partial charge is 0.238 e. The molecule has 80 valence electrons. The first-order valence-electron chi connectivity index (χ1n) is 3.98. The Labute approximate surface area is 88.3 Å². The number of carbonyl (C=O) groups is 2. The monoisotopic (exact) mass is 217 g/mol. The molecular formula is C8H15N3O2S. The van der Waals surface area contributed by atoms with Gasteiger partial charge in [-0.25, -0.2) is 0 Å². The molecular weight excluding hydrogens is 202 g/mol. The molecule has 1 N–H and O–H groups in total. The van der Waals surface area contributed by atoms with Crippen LogP contribution in [-0.2, 0) is 9.59 Å². The average Bonchev–Trinajstić information content (AvgIpc) is 2.11. The first-order chi connectivity index (χ1) is 6.60. The van der Waals surface area contributed by atoms with Crippen molar-refractivity contribution in [3.63, 3.8) is 0 Å². The van der Waals surface area contributed by atoms with Gasteiger partial charge in [-0.05, 0) is 26.0 Å². The van der Waals surface area contributed by atoms with Gasteiger partial charge in [0.2, 0.25) is 12.3 Å². The summed E-state index contributed by atoms with van der Waals surface area (Å²) in [7, 11) is 3.62. The third-order valence-corrected chi connectivity index (χ3v) is 1.87. The Morgan fingerprint density at radius 1 is 1.50 bits per heavy atom. The summed E-state index contributed by atoms with van der Waals surface area (Å²) in [6.07, 6.45) is 5.36. The topological polar surface area (TPSA) is 52.7 Å². The lowest BCUT2D eigenvalue weighted by atomic mass is 10.5. The summed E-state index contributed by atoms with van der Waals surface area (Å²) in [4.78, 5) is 23.2. The minimum atomic E-state index is -0.113. The number of nitrogens with one attached hydrogen (secondary N) is 1. The standard InChI is InChI=1S/C8H15N3O2S/c1-10(2)6-8(13)9-4-5-11(7-12)14-3/h4-5,7H,6H2,1-3H3,(H,9,13)/b5-4+. The Hall–Kier alpha value is -1.01. The Bertz CT molecular complexity index is 219. The maximum absolute atomic E-state index is 11.1. The normalized spacial score (nSPS) is 10.6. The van der Waals surface area contributed by atoms with Crippen molar-refractivity contribution >= 4 is 24.3 Å². The van der Waals surface area contributed by atoms with Crippen molar-refractivity contribution < 1.29 is 9.59 Å². The van der Waals surface area contributed by atoms with Crippen LogP contribution in [-0.4, -0.2) is 48.4 Å². The van der Waals surface area contributed by atoms with Crippen LogP contribution in [0, 0.1) is 0 Å². The van der Waals surface area contributed by atoms with Crippen LogP contribution >= 0.6 is 11.9 Å². The van der Waals surface area contributed by atoms with Gasteiger partial charge in [0.05, 0.1) is 6.54 Å². The summed E-state index contributed by atoms with van der Waals surface area (Å²) < 4.78 is 1.34. The SMILES string of the molecule is CSN(C=O)/C=C/NC(=O)CN(C)C. The summed E-state index contributed by atoms with van der Waals surface area (Å²) >= 11 is 1.25. The van der Waals surface area contributed by atoms with Crippen molar-refractivity contribution in [1.82, 2.24) is 14.5 Å². The van der Waals surface area contributed by atoms with E-state index in [1.807, 2.05) is 14.1 Å². The maximum atomic E-state index is 11.1. The van der Waals surface area contributed by atoms with Crippen molar-refractivity contribution in [1.29, 1.82) is 0 Å². The van der Waals surface area contributed by atoms with Crippen LogP contribution in [0.15, 0.2) is 12.4 Å². The lowest BCUT2D eigenvalue weighted by Crippen LogP contribution is -2.30. The molecule has 0 aliphatic heterocycles. The molecule has 0 rings (SSSR count). The number of hydrogen-bond donors (Lipinski definition) is 1. The number of hydrogen-bond acceptors (Lipinski definition) is 4. The van der Waals surface area contributed by atoms with E-state index in [4.69, 9.17) is 0 Å². The first-order valence-corrected chi connectivity index (χ1v) is 5.16. The summed E-state index contributed by atoms with van der Waals surface area (Å²) in [5, 5.41) is 2.54. The third kappa shape index (κ3) is 6.50. The molecule has 0 saturated heterocycles.